The van der Waals surface area contributed by atoms with E-state index >= 15 is 0 Å². The fourth-order valence-electron chi connectivity index (χ4n) is 7.11. The first-order valence-corrected chi connectivity index (χ1v) is 16.5. The van der Waals surface area contributed by atoms with Crippen molar-refractivity contribution >= 4 is 43.7 Å². The maximum absolute atomic E-state index is 4.94. The summed E-state index contributed by atoms with van der Waals surface area (Å²) in [5.41, 5.74) is 10.1. The third-order valence-corrected chi connectivity index (χ3v) is 9.33. The quantitative estimate of drug-likeness (QED) is 0.187. The number of nitrogens with zero attached hydrogens (tertiary/aromatic N) is 7. The van der Waals surface area contributed by atoms with Gasteiger partial charge in [0.05, 0.1) is 28.3 Å². The van der Waals surface area contributed by atoms with Crippen LogP contribution in [0.5, 0.6) is 0 Å². The second-order valence-electron chi connectivity index (χ2n) is 12.2. The summed E-state index contributed by atoms with van der Waals surface area (Å²) in [6.07, 6.45) is 3.55. The van der Waals surface area contributed by atoms with E-state index in [0.717, 1.165) is 66.4 Å². The monoisotopic (exact) mass is 641 g/mol. The Labute approximate surface area is 286 Å². The number of hydrogen-bond acceptors (Lipinski definition) is 5. The third-order valence-electron chi connectivity index (χ3n) is 9.33. The highest BCUT2D eigenvalue weighted by Crippen LogP contribution is 2.41. The molecule has 10 aromatic rings. The maximum Gasteiger partial charge on any atom is 0.164 e. The number of para-hydroxylation sites is 2. The van der Waals surface area contributed by atoms with E-state index in [9.17, 15) is 0 Å². The van der Waals surface area contributed by atoms with Crippen LogP contribution in [-0.2, 0) is 0 Å². The number of rotatable bonds is 5. The molecule has 0 unspecified atom stereocenters. The Morgan fingerprint density at radius 2 is 0.880 bits per heavy atom. The number of aromatic nitrogens is 7. The molecule has 10 rings (SSSR count). The van der Waals surface area contributed by atoms with Gasteiger partial charge in [0.15, 0.2) is 17.5 Å². The van der Waals surface area contributed by atoms with Crippen LogP contribution in [0.3, 0.4) is 0 Å². The highest BCUT2D eigenvalue weighted by molar-refractivity contribution is 6.28. The van der Waals surface area contributed by atoms with Crippen LogP contribution in [0.25, 0.3) is 89.3 Å². The van der Waals surface area contributed by atoms with Gasteiger partial charge in [-0.15, -0.1) is 0 Å². The fourth-order valence-corrected chi connectivity index (χ4v) is 7.11. The largest absolute Gasteiger partial charge is 0.309 e. The molecular weight excluding hydrogens is 615 g/mol. The molecule has 4 aromatic heterocycles. The summed E-state index contributed by atoms with van der Waals surface area (Å²) < 4.78 is 4.59. The Balaban J connectivity index is 1.16. The second-order valence-corrected chi connectivity index (χ2v) is 12.2. The zero-order chi connectivity index (χ0) is 33.0. The van der Waals surface area contributed by atoms with Gasteiger partial charge in [-0.25, -0.2) is 24.9 Å². The minimum Gasteiger partial charge on any atom is -0.309 e. The minimum absolute atomic E-state index is 0.626. The van der Waals surface area contributed by atoms with Crippen LogP contribution >= 0.6 is 0 Å². The third kappa shape index (κ3) is 4.41. The van der Waals surface area contributed by atoms with Crippen LogP contribution in [0.1, 0.15) is 0 Å². The van der Waals surface area contributed by atoms with Crippen LogP contribution in [0.4, 0.5) is 0 Å². The molecule has 0 aliphatic carbocycles. The molecule has 0 bridgehead atoms. The van der Waals surface area contributed by atoms with Crippen LogP contribution in [0.2, 0.25) is 0 Å². The molecule has 0 N–H and O–H groups in total. The van der Waals surface area contributed by atoms with Gasteiger partial charge in [-0.3, -0.25) is 0 Å². The van der Waals surface area contributed by atoms with Crippen molar-refractivity contribution < 1.29 is 0 Å². The van der Waals surface area contributed by atoms with Gasteiger partial charge < -0.3 is 9.13 Å². The van der Waals surface area contributed by atoms with Crippen molar-refractivity contribution in [1.82, 2.24) is 34.1 Å². The summed E-state index contributed by atoms with van der Waals surface area (Å²) in [6.45, 7) is 0. The normalized spacial score (nSPS) is 11.6. The minimum atomic E-state index is 0.626. The lowest BCUT2D eigenvalue weighted by Gasteiger charge is -2.11. The van der Waals surface area contributed by atoms with Gasteiger partial charge in [-0.1, -0.05) is 97.1 Å². The van der Waals surface area contributed by atoms with Gasteiger partial charge in [0.1, 0.15) is 11.8 Å². The Morgan fingerprint density at radius 1 is 0.380 bits per heavy atom. The van der Waals surface area contributed by atoms with Crippen LogP contribution in [0.15, 0.2) is 164 Å². The molecule has 4 heterocycles. The van der Waals surface area contributed by atoms with E-state index in [0.29, 0.717) is 17.5 Å². The summed E-state index contributed by atoms with van der Waals surface area (Å²) in [4.78, 5) is 24.0. The van der Waals surface area contributed by atoms with E-state index < -0.39 is 0 Å². The summed E-state index contributed by atoms with van der Waals surface area (Å²) in [5, 5.41) is 3.45. The average Bonchev–Trinajstić information content (AvgIpc) is 3.72. The first kappa shape index (κ1) is 28.1. The van der Waals surface area contributed by atoms with Crippen molar-refractivity contribution in [1.29, 1.82) is 0 Å². The molecule has 0 spiro atoms. The molecule has 234 valence electrons. The molecule has 0 amide bonds. The molecule has 0 fully saturated rings. The number of benzene rings is 6. The van der Waals surface area contributed by atoms with Gasteiger partial charge in [-0.05, 0) is 54.6 Å². The van der Waals surface area contributed by atoms with Gasteiger partial charge in [-0.2, -0.15) is 0 Å². The predicted molar refractivity (Wildman–Crippen MR) is 200 cm³/mol. The smallest absolute Gasteiger partial charge is 0.164 e. The van der Waals surface area contributed by atoms with E-state index in [1.807, 2.05) is 72.9 Å². The van der Waals surface area contributed by atoms with Crippen molar-refractivity contribution in [2.45, 2.75) is 0 Å². The van der Waals surface area contributed by atoms with Crippen LogP contribution in [0, 0.1) is 0 Å². The molecule has 0 saturated carbocycles. The maximum atomic E-state index is 4.94. The standard InChI is InChI=1S/C43H27N7/c1-4-12-28(13-5-1)41-46-42(29-14-6-2-7-15-29)48-43(47-41)30-20-22-32(23-21-30)49-34-19-11-10-18-33(34)38-35(49)24-25-36-39(38)40-37(26-44-27-45-40)50(36)31-16-8-3-9-17-31/h1-27H. The van der Waals surface area contributed by atoms with E-state index in [1.54, 1.807) is 6.33 Å². The highest BCUT2D eigenvalue weighted by atomic mass is 15.0. The summed E-state index contributed by atoms with van der Waals surface area (Å²) in [5.74, 6) is 1.91. The van der Waals surface area contributed by atoms with Crippen molar-refractivity contribution in [3.05, 3.63) is 164 Å². The summed E-state index contributed by atoms with van der Waals surface area (Å²) in [7, 11) is 0. The Kier molecular flexibility index (Phi) is 6.35. The lowest BCUT2D eigenvalue weighted by molar-refractivity contribution is 1.07. The molecule has 7 nitrogen and oxygen atoms in total. The predicted octanol–water partition coefficient (Wildman–Crippen LogP) is 9.86. The zero-order valence-electron chi connectivity index (χ0n) is 26.7. The van der Waals surface area contributed by atoms with E-state index in [2.05, 4.69) is 99.0 Å². The molecule has 6 aromatic carbocycles. The Bertz CT molecular complexity index is 2780. The molecule has 0 aliphatic rings. The average molecular weight is 642 g/mol. The van der Waals surface area contributed by atoms with Crippen molar-refractivity contribution in [3.8, 4) is 45.5 Å². The molecule has 0 saturated heterocycles. The molecule has 0 radical (unpaired) electrons. The lowest BCUT2D eigenvalue weighted by Crippen LogP contribution is -2.00. The molecule has 50 heavy (non-hydrogen) atoms. The summed E-state index contributed by atoms with van der Waals surface area (Å²) >= 11 is 0. The molecule has 0 aliphatic heterocycles. The second kappa shape index (κ2) is 11.3. The van der Waals surface area contributed by atoms with Crippen LogP contribution < -0.4 is 0 Å². The van der Waals surface area contributed by atoms with Crippen molar-refractivity contribution in [3.63, 3.8) is 0 Å². The Morgan fingerprint density at radius 3 is 1.52 bits per heavy atom. The highest BCUT2D eigenvalue weighted by Gasteiger charge is 2.21. The first-order chi connectivity index (χ1) is 24.8. The summed E-state index contributed by atoms with van der Waals surface area (Å²) in [6, 6.07) is 52.0. The van der Waals surface area contributed by atoms with Crippen molar-refractivity contribution in [2.24, 2.45) is 0 Å². The van der Waals surface area contributed by atoms with Crippen molar-refractivity contribution in [2.75, 3.05) is 0 Å². The number of fused-ring (bicyclic) bond motifs is 7. The fraction of sp³-hybridized carbons (Fsp3) is 0. The topological polar surface area (TPSA) is 74.3 Å². The molecule has 0 atom stereocenters. The van der Waals surface area contributed by atoms with Gasteiger partial charge in [0.25, 0.3) is 0 Å². The SMILES string of the molecule is c1ccc(-c2nc(-c3ccccc3)nc(-c3ccc(-n4c5ccccc5c5c6c7ncncc7n(-c7ccccc7)c6ccc54)cc3)n2)cc1. The zero-order valence-corrected chi connectivity index (χ0v) is 26.7. The van der Waals surface area contributed by atoms with Gasteiger partial charge >= 0.3 is 0 Å². The first-order valence-electron chi connectivity index (χ1n) is 16.5. The van der Waals surface area contributed by atoms with Gasteiger partial charge in [0.2, 0.25) is 0 Å². The molecular formula is C43H27N7. The lowest BCUT2D eigenvalue weighted by atomic mass is 10.1. The van der Waals surface area contributed by atoms with E-state index in [4.69, 9.17) is 19.9 Å². The van der Waals surface area contributed by atoms with E-state index in [1.165, 1.54) is 5.39 Å². The Hall–Kier alpha value is -6.99. The molecule has 7 heteroatoms. The van der Waals surface area contributed by atoms with Gasteiger partial charge in [0, 0.05) is 44.2 Å². The van der Waals surface area contributed by atoms with E-state index in [-0.39, 0.29) is 0 Å². The number of hydrogen-bond donors (Lipinski definition) is 0. The van der Waals surface area contributed by atoms with Crippen LogP contribution in [-0.4, -0.2) is 34.1 Å².